The Hall–Kier alpha value is -2.68. The van der Waals surface area contributed by atoms with E-state index in [0.29, 0.717) is 5.52 Å². The molecule has 0 unspecified atom stereocenters. The molecule has 0 radical (unpaired) electrons. The number of hydrogen-bond acceptors (Lipinski definition) is 1. The van der Waals surface area contributed by atoms with Crippen LogP contribution in [0, 0.1) is 5.82 Å². The van der Waals surface area contributed by atoms with Gasteiger partial charge in [-0.05, 0) is 22.9 Å². The van der Waals surface area contributed by atoms with Gasteiger partial charge in [-0.2, -0.15) is 5.10 Å². The van der Waals surface area contributed by atoms with Gasteiger partial charge >= 0.3 is 0 Å². The van der Waals surface area contributed by atoms with E-state index in [1.165, 1.54) is 11.5 Å². The van der Waals surface area contributed by atoms with Gasteiger partial charge in [0.05, 0.1) is 5.69 Å². The fraction of sp³-hybridized carbons (Fsp3) is 0. The summed E-state index contributed by atoms with van der Waals surface area (Å²) in [5, 5.41) is 10.2. The molecule has 4 rings (SSSR count). The lowest BCUT2D eigenvalue weighted by molar-refractivity contribution is 0.636. The molecule has 0 aliphatic heterocycles. The molecule has 0 fully saturated rings. The second-order valence-corrected chi connectivity index (χ2v) is 4.80. The van der Waals surface area contributed by atoms with Crippen molar-refractivity contribution >= 4 is 21.7 Å². The molecule has 0 bridgehead atoms. The van der Waals surface area contributed by atoms with E-state index in [0.717, 1.165) is 22.0 Å². The molecule has 0 aliphatic rings. The highest BCUT2D eigenvalue weighted by Gasteiger charge is 2.10. The van der Waals surface area contributed by atoms with Gasteiger partial charge in [-0.15, -0.1) is 0 Å². The Kier molecular flexibility index (Phi) is 2.33. The zero-order chi connectivity index (χ0) is 13.5. The van der Waals surface area contributed by atoms with Crippen molar-refractivity contribution in [2.45, 2.75) is 0 Å². The lowest BCUT2D eigenvalue weighted by Crippen LogP contribution is -1.80. The third kappa shape index (κ3) is 1.60. The van der Waals surface area contributed by atoms with E-state index in [1.807, 2.05) is 24.3 Å². The first kappa shape index (κ1) is 11.2. The largest absolute Gasteiger partial charge is 0.277 e. The highest BCUT2D eigenvalue weighted by atomic mass is 19.1. The molecule has 96 valence electrons. The van der Waals surface area contributed by atoms with Crippen LogP contribution in [0.15, 0.2) is 60.7 Å². The number of benzene rings is 3. The first-order chi connectivity index (χ1) is 9.83. The van der Waals surface area contributed by atoms with E-state index in [1.54, 1.807) is 6.07 Å². The van der Waals surface area contributed by atoms with Crippen LogP contribution < -0.4 is 0 Å². The van der Waals surface area contributed by atoms with Gasteiger partial charge < -0.3 is 0 Å². The fourth-order valence-corrected chi connectivity index (χ4v) is 2.57. The Balaban J connectivity index is 1.99. The molecule has 0 spiro atoms. The van der Waals surface area contributed by atoms with E-state index < -0.39 is 0 Å². The van der Waals surface area contributed by atoms with Crippen molar-refractivity contribution in [3.8, 4) is 11.3 Å². The Morgan fingerprint density at radius 2 is 1.70 bits per heavy atom. The summed E-state index contributed by atoms with van der Waals surface area (Å²) in [4.78, 5) is 0. The number of fused-ring (bicyclic) bond motifs is 2. The number of nitrogens with zero attached hydrogens (tertiary/aromatic N) is 1. The molecule has 3 heteroatoms. The number of nitrogens with one attached hydrogen (secondary N) is 1. The van der Waals surface area contributed by atoms with Gasteiger partial charge in [0.25, 0.3) is 0 Å². The molecule has 3 aromatic carbocycles. The summed E-state index contributed by atoms with van der Waals surface area (Å²) in [5.41, 5.74) is 2.25. The van der Waals surface area contributed by atoms with Crippen LogP contribution >= 0.6 is 0 Å². The summed E-state index contributed by atoms with van der Waals surface area (Å²) in [7, 11) is 0. The number of aromatic amines is 1. The van der Waals surface area contributed by atoms with Gasteiger partial charge in [-0.25, -0.2) is 4.39 Å². The van der Waals surface area contributed by atoms with Crippen molar-refractivity contribution in [1.29, 1.82) is 0 Å². The van der Waals surface area contributed by atoms with Crippen LogP contribution in [0.3, 0.4) is 0 Å². The predicted molar refractivity (Wildman–Crippen MR) is 79.0 cm³/mol. The summed E-state index contributed by atoms with van der Waals surface area (Å²) >= 11 is 0. The fourth-order valence-electron chi connectivity index (χ4n) is 2.57. The number of para-hydroxylation sites is 1. The van der Waals surface area contributed by atoms with Crippen molar-refractivity contribution in [1.82, 2.24) is 10.2 Å². The van der Waals surface area contributed by atoms with Crippen molar-refractivity contribution < 1.29 is 4.39 Å². The van der Waals surface area contributed by atoms with Gasteiger partial charge in [0, 0.05) is 10.9 Å². The SMILES string of the molecule is Fc1cccc2c(-c3ccc4ccccc4c3)[nH]nc12. The van der Waals surface area contributed by atoms with Crippen LogP contribution in [0.1, 0.15) is 0 Å². The molecule has 0 saturated heterocycles. The third-order valence-electron chi connectivity index (χ3n) is 3.57. The minimum absolute atomic E-state index is 0.300. The number of halogens is 1. The topological polar surface area (TPSA) is 28.7 Å². The Morgan fingerprint density at radius 1 is 0.850 bits per heavy atom. The molecule has 1 aromatic heterocycles. The molecular formula is C17H11FN2. The molecule has 20 heavy (non-hydrogen) atoms. The Morgan fingerprint density at radius 3 is 2.60 bits per heavy atom. The minimum atomic E-state index is -0.300. The summed E-state index contributed by atoms with van der Waals surface area (Å²) in [6.45, 7) is 0. The molecule has 0 atom stereocenters. The van der Waals surface area contributed by atoms with Crippen LogP contribution in [-0.2, 0) is 0 Å². The van der Waals surface area contributed by atoms with E-state index in [-0.39, 0.29) is 5.82 Å². The molecule has 2 nitrogen and oxygen atoms in total. The van der Waals surface area contributed by atoms with Gasteiger partial charge in [0.15, 0.2) is 5.82 Å². The zero-order valence-corrected chi connectivity index (χ0v) is 10.6. The standard InChI is InChI=1S/C17H11FN2/c18-15-7-3-6-14-16(19-20-17(14)15)13-9-8-11-4-1-2-5-12(11)10-13/h1-10H,(H,19,20). The maximum Gasteiger partial charge on any atom is 0.151 e. The van der Waals surface area contributed by atoms with Crippen LogP contribution in [0.4, 0.5) is 4.39 Å². The smallest absolute Gasteiger partial charge is 0.151 e. The Bertz CT molecular complexity index is 924. The van der Waals surface area contributed by atoms with Crippen LogP contribution in [-0.4, -0.2) is 10.2 Å². The van der Waals surface area contributed by atoms with Crippen LogP contribution in [0.5, 0.6) is 0 Å². The summed E-state index contributed by atoms with van der Waals surface area (Å²) < 4.78 is 13.7. The maximum absolute atomic E-state index is 13.7. The molecule has 1 heterocycles. The van der Waals surface area contributed by atoms with Gasteiger partial charge in [0.2, 0.25) is 0 Å². The van der Waals surface area contributed by atoms with Crippen molar-refractivity contribution in [2.75, 3.05) is 0 Å². The van der Waals surface area contributed by atoms with Gasteiger partial charge in [-0.3, -0.25) is 5.10 Å². The molecule has 1 N–H and O–H groups in total. The summed E-state index contributed by atoms with van der Waals surface area (Å²) in [6, 6.07) is 19.4. The second-order valence-electron chi connectivity index (χ2n) is 4.80. The minimum Gasteiger partial charge on any atom is -0.277 e. The summed E-state index contributed by atoms with van der Waals surface area (Å²) in [6.07, 6.45) is 0. The molecule has 4 aromatic rings. The predicted octanol–water partition coefficient (Wildman–Crippen LogP) is 4.52. The van der Waals surface area contributed by atoms with Crippen LogP contribution in [0.2, 0.25) is 0 Å². The first-order valence-corrected chi connectivity index (χ1v) is 6.45. The van der Waals surface area contributed by atoms with Crippen LogP contribution in [0.25, 0.3) is 32.9 Å². The average Bonchev–Trinajstić information content (AvgIpc) is 2.92. The monoisotopic (exact) mass is 262 g/mol. The van der Waals surface area contributed by atoms with E-state index in [2.05, 4.69) is 34.5 Å². The number of aromatic nitrogens is 2. The Labute approximate surface area is 114 Å². The third-order valence-corrected chi connectivity index (χ3v) is 3.57. The molecular weight excluding hydrogens is 251 g/mol. The lowest BCUT2D eigenvalue weighted by atomic mass is 10.0. The van der Waals surface area contributed by atoms with Crippen molar-refractivity contribution in [3.05, 3.63) is 66.5 Å². The van der Waals surface area contributed by atoms with Gasteiger partial charge in [0.1, 0.15) is 5.52 Å². The first-order valence-electron chi connectivity index (χ1n) is 6.45. The number of hydrogen-bond donors (Lipinski definition) is 1. The normalized spacial score (nSPS) is 11.2. The maximum atomic E-state index is 13.7. The zero-order valence-electron chi connectivity index (χ0n) is 10.6. The lowest BCUT2D eigenvalue weighted by Gasteiger charge is -2.02. The molecule has 0 aliphatic carbocycles. The quantitative estimate of drug-likeness (QED) is 0.536. The molecule has 0 amide bonds. The van der Waals surface area contributed by atoms with E-state index >= 15 is 0 Å². The number of H-pyrrole nitrogens is 1. The van der Waals surface area contributed by atoms with Crippen molar-refractivity contribution in [3.63, 3.8) is 0 Å². The summed E-state index contributed by atoms with van der Waals surface area (Å²) in [5.74, 6) is -0.300. The van der Waals surface area contributed by atoms with Gasteiger partial charge in [-0.1, -0.05) is 48.5 Å². The highest BCUT2D eigenvalue weighted by Crippen LogP contribution is 2.29. The molecule has 0 saturated carbocycles. The van der Waals surface area contributed by atoms with E-state index in [9.17, 15) is 4.39 Å². The second kappa shape index (κ2) is 4.17. The average molecular weight is 262 g/mol. The number of rotatable bonds is 1. The van der Waals surface area contributed by atoms with E-state index in [4.69, 9.17) is 0 Å². The highest BCUT2D eigenvalue weighted by molar-refractivity contribution is 5.96. The van der Waals surface area contributed by atoms with Crippen molar-refractivity contribution in [2.24, 2.45) is 0 Å².